The number of rotatable bonds is 0. The van der Waals surface area contributed by atoms with Crippen molar-refractivity contribution in [1.29, 1.82) is 0 Å². The van der Waals surface area contributed by atoms with Crippen LogP contribution in [0.2, 0.25) is 0 Å². The zero-order chi connectivity index (χ0) is 10.6. The van der Waals surface area contributed by atoms with Crippen molar-refractivity contribution in [2.45, 2.75) is 6.18 Å². The van der Waals surface area contributed by atoms with Gasteiger partial charge in [0.2, 0.25) is 0 Å². The maximum Gasteiger partial charge on any atom is 0.416 e. The monoisotopic (exact) mass is 196 g/mol. The predicted octanol–water partition coefficient (Wildman–Crippen LogP) is 3.24. The molecule has 0 unspecified atom stereocenters. The molecule has 0 spiro atoms. The van der Waals surface area contributed by atoms with Crippen molar-refractivity contribution < 1.29 is 13.2 Å². The first-order chi connectivity index (χ1) is 6.54. The Morgan fingerprint density at radius 2 is 1.71 bits per heavy atom. The van der Waals surface area contributed by atoms with Crippen LogP contribution in [0, 0.1) is 11.8 Å². The normalized spacial score (nSPS) is 10.2. The van der Waals surface area contributed by atoms with Gasteiger partial charge in [0.05, 0.1) is 5.56 Å². The van der Waals surface area contributed by atoms with Crippen molar-refractivity contribution in [2.24, 2.45) is 0 Å². The number of hydrogen-bond acceptors (Lipinski definition) is 0. The van der Waals surface area contributed by atoms with E-state index in [2.05, 4.69) is 18.4 Å². The van der Waals surface area contributed by atoms with Gasteiger partial charge in [-0.25, -0.2) is 0 Å². The molecule has 0 amide bonds. The number of alkyl halides is 3. The molecule has 0 saturated heterocycles. The van der Waals surface area contributed by atoms with Gasteiger partial charge in [0.15, 0.2) is 0 Å². The number of allylic oxidation sites excluding steroid dienone is 1. The Morgan fingerprint density at radius 3 is 2.14 bits per heavy atom. The molecule has 1 rings (SSSR count). The van der Waals surface area contributed by atoms with E-state index < -0.39 is 11.7 Å². The van der Waals surface area contributed by atoms with Crippen molar-refractivity contribution in [3.05, 3.63) is 48.0 Å². The van der Waals surface area contributed by atoms with Crippen molar-refractivity contribution in [2.75, 3.05) is 0 Å². The lowest BCUT2D eigenvalue weighted by atomic mass is 10.1. The summed E-state index contributed by atoms with van der Waals surface area (Å²) < 4.78 is 36.4. The van der Waals surface area contributed by atoms with Gasteiger partial charge >= 0.3 is 6.18 Å². The zero-order valence-corrected chi connectivity index (χ0v) is 7.23. The second-order valence-electron chi connectivity index (χ2n) is 2.55. The Bertz CT molecular complexity index is 374. The van der Waals surface area contributed by atoms with E-state index >= 15 is 0 Å². The fraction of sp³-hybridized carbons (Fsp3) is 0.0909. The summed E-state index contributed by atoms with van der Waals surface area (Å²) in [6, 6.07) is 4.68. The highest BCUT2D eigenvalue weighted by atomic mass is 19.4. The van der Waals surface area contributed by atoms with Gasteiger partial charge in [0, 0.05) is 5.56 Å². The molecular formula is C11H7F3. The third kappa shape index (κ3) is 2.67. The van der Waals surface area contributed by atoms with Crippen LogP contribution in [0.5, 0.6) is 0 Å². The molecule has 3 heteroatoms. The number of benzene rings is 1. The van der Waals surface area contributed by atoms with Crippen molar-refractivity contribution in [3.63, 3.8) is 0 Å². The van der Waals surface area contributed by atoms with Crippen LogP contribution in [-0.2, 0) is 6.18 Å². The molecule has 0 radical (unpaired) electrons. The lowest BCUT2D eigenvalue weighted by molar-refractivity contribution is -0.137. The highest BCUT2D eigenvalue weighted by Crippen LogP contribution is 2.28. The summed E-state index contributed by atoms with van der Waals surface area (Å²) in [6.07, 6.45) is -2.90. The van der Waals surface area contributed by atoms with E-state index in [4.69, 9.17) is 0 Å². The van der Waals surface area contributed by atoms with Crippen LogP contribution in [0.3, 0.4) is 0 Å². The lowest BCUT2D eigenvalue weighted by Gasteiger charge is -2.05. The second kappa shape index (κ2) is 4.01. The molecule has 0 bridgehead atoms. The first-order valence-electron chi connectivity index (χ1n) is 3.84. The van der Waals surface area contributed by atoms with Gasteiger partial charge in [-0.15, -0.1) is 0 Å². The molecule has 0 atom stereocenters. The predicted molar refractivity (Wildman–Crippen MR) is 48.5 cm³/mol. The molecule has 0 aliphatic heterocycles. The van der Waals surface area contributed by atoms with Crippen LogP contribution in [0.15, 0.2) is 36.9 Å². The molecule has 0 aliphatic rings. The van der Waals surface area contributed by atoms with Gasteiger partial charge in [0.1, 0.15) is 0 Å². The number of halogens is 3. The summed E-state index contributed by atoms with van der Waals surface area (Å²) in [7, 11) is 0. The van der Waals surface area contributed by atoms with Gasteiger partial charge in [-0.3, -0.25) is 0 Å². The van der Waals surface area contributed by atoms with Gasteiger partial charge in [0.25, 0.3) is 0 Å². The average Bonchev–Trinajstić information content (AvgIpc) is 2.14. The first kappa shape index (κ1) is 10.4. The Labute approximate surface area is 80.1 Å². The maximum absolute atomic E-state index is 12.1. The molecule has 0 nitrogen and oxygen atoms in total. The number of hydrogen-bond donors (Lipinski definition) is 0. The van der Waals surface area contributed by atoms with E-state index in [1.54, 1.807) is 0 Å². The third-order valence-electron chi connectivity index (χ3n) is 1.53. The summed E-state index contributed by atoms with van der Waals surface area (Å²) in [5, 5.41) is 0. The van der Waals surface area contributed by atoms with E-state index in [0.717, 1.165) is 12.1 Å². The Balaban J connectivity index is 2.95. The van der Waals surface area contributed by atoms with Crippen LogP contribution >= 0.6 is 0 Å². The van der Waals surface area contributed by atoms with E-state index in [-0.39, 0.29) is 0 Å². The third-order valence-corrected chi connectivity index (χ3v) is 1.53. The van der Waals surface area contributed by atoms with Gasteiger partial charge in [-0.2, -0.15) is 13.2 Å². The van der Waals surface area contributed by atoms with Crippen LogP contribution < -0.4 is 0 Å². The molecule has 0 saturated carbocycles. The minimum Gasteiger partial charge on any atom is -0.166 e. The van der Waals surface area contributed by atoms with Crippen molar-refractivity contribution in [3.8, 4) is 11.8 Å². The Kier molecular flexibility index (Phi) is 2.98. The smallest absolute Gasteiger partial charge is 0.166 e. The lowest BCUT2D eigenvalue weighted by Crippen LogP contribution is -2.03. The minimum atomic E-state index is -4.29. The molecule has 0 N–H and O–H groups in total. The Hall–Kier alpha value is -1.69. The SMILES string of the molecule is C=CC#Cc1ccc(C(F)(F)F)cc1. The molecule has 0 fully saturated rings. The molecule has 1 aromatic carbocycles. The highest BCUT2D eigenvalue weighted by molar-refractivity contribution is 5.38. The average molecular weight is 196 g/mol. The van der Waals surface area contributed by atoms with Crippen molar-refractivity contribution >= 4 is 0 Å². The van der Waals surface area contributed by atoms with Gasteiger partial charge < -0.3 is 0 Å². The summed E-state index contributed by atoms with van der Waals surface area (Å²) in [5.41, 5.74) is -0.125. The first-order valence-corrected chi connectivity index (χ1v) is 3.84. The minimum absolute atomic E-state index is 0.540. The highest BCUT2D eigenvalue weighted by Gasteiger charge is 2.29. The topological polar surface area (TPSA) is 0 Å². The summed E-state index contributed by atoms with van der Waals surface area (Å²) >= 11 is 0. The molecule has 0 aliphatic carbocycles. The van der Waals surface area contributed by atoms with E-state index in [9.17, 15) is 13.2 Å². The molecule has 14 heavy (non-hydrogen) atoms. The van der Waals surface area contributed by atoms with Crippen LogP contribution in [0.4, 0.5) is 13.2 Å². The standard InChI is InChI=1S/C11H7F3/c1-2-3-4-9-5-7-10(8-6-9)11(12,13)14/h2,5-8H,1H2. The molecular weight excluding hydrogens is 189 g/mol. The van der Waals surface area contributed by atoms with Crippen molar-refractivity contribution in [1.82, 2.24) is 0 Å². The van der Waals surface area contributed by atoms with E-state index in [0.29, 0.717) is 5.56 Å². The van der Waals surface area contributed by atoms with E-state index in [1.807, 2.05) is 0 Å². The quantitative estimate of drug-likeness (QED) is 0.559. The van der Waals surface area contributed by atoms with Crippen LogP contribution in [0.1, 0.15) is 11.1 Å². The molecule has 0 aromatic heterocycles. The molecule has 0 heterocycles. The Morgan fingerprint density at radius 1 is 1.14 bits per heavy atom. The zero-order valence-electron chi connectivity index (χ0n) is 7.23. The molecule has 1 aromatic rings. The fourth-order valence-corrected chi connectivity index (χ4v) is 0.877. The van der Waals surface area contributed by atoms with Gasteiger partial charge in [-0.1, -0.05) is 18.4 Å². The van der Waals surface area contributed by atoms with Crippen LogP contribution in [-0.4, -0.2) is 0 Å². The fourth-order valence-electron chi connectivity index (χ4n) is 0.877. The summed E-state index contributed by atoms with van der Waals surface area (Å²) in [4.78, 5) is 0. The van der Waals surface area contributed by atoms with Crippen LogP contribution in [0.25, 0.3) is 0 Å². The second-order valence-corrected chi connectivity index (χ2v) is 2.55. The molecule has 72 valence electrons. The largest absolute Gasteiger partial charge is 0.416 e. The summed E-state index contributed by atoms with van der Waals surface area (Å²) in [5.74, 6) is 5.19. The maximum atomic E-state index is 12.1. The van der Waals surface area contributed by atoms with Gasteiger partial charge in [-0.05, 0) is 30.3 Å². The van der Waals surface area contributed by atoms with E-state index in [1.165, 1.54) is 18.2 Å². The summed E-state index contributed by atoms with van der Waals surface area (Å²) in [6.45, 7) is 3.38.